The van der Waals surface area contributed by atoms with Gasteiger partial charge in [-0.3, -0.25) is 0 Å². The molecule has 152 valence electrons. The van der Waals surface area contributed by atoms with Gasteiger partial charge in [-0.15, -0.1) is 0 Å². The highest BCUT2D eigenvalue weighted by Crippen LogP contribution is 2.40. The SMILES string of the molecule is Fc1cc(C2CCC(C/C=C/CCC(F)(F)F)CC2)cc(F)c1C(F)(F)F. The highest BCUT2D eigenvalue weighted by Gasteiger charge is 2.38. The fraction of sp³-hybridized carbons (Fsp3) is 0.579. The Hall–Kier alpha value is -1.60. The van der Waals surface area contributed by atoms with E-state index in [-0.39, 0.29) is 23.8 Å². The number of alkyl halides is 6. The zero-order valence-corrected chi connectivity index (χ0v) is 14.4. The van der Waals surface area contributed by atoms with Crippen LogP contribution in [-0.4, -0.2) is 6.18 Å². The summed E-state index contributed by atoms with van der Waals surface area (Å²) in [6.07, 6.45) is -3.77. The molecule has 1 aromatic rings. The molecule has 0 aliphatic heterocycles. The van der Waals surface area contributed by atoms with Gasteiger partial charge in [-0.25, -0.2) is 8.78 Å². The molecule has 1 saturated carbocycles. The molecule has 0 atom stereocenters. The van der Waals surface area contributed by atoms with E-state index in [0.29, 0.717) is 32.1 Å². The second-order valence-corrected chi connectivity index (χ2v) is 6.94. The van der Waals surface area contributed by atoms with E-state index in [9.17, 15) is 35.1 Å². The summed E-state index contributed by atoms with van der Waals surface area (Å²) in [5, 5.41) is 0. The molecule has 0 N–H and O–H groups in total. The van der Waals surface area contributed by atoms with Crippen molar-refractivity contribution in [2.75, 3.05) is 0 Å². The number of halogens is 8. The Labute approximate surface area is 152 Å². The van der Waals surface area contributed by atoms with Gasteiger partial charge in [0.1, 0.15) is 17.2 Å². The maximum absolute atomic E-state index is 13.7. The molecule has 1 aromatic carbocycles. The first kappa shape index (κ1) is 21.7. The fourth-order valence-corrected chi connectivity index (χ4v) is 3.48. The van der Waals surface area contributed by atoms with Crippen molar-refractivity contribution in [1.29, 1.82) is 0 Å². The largest absolute Gasteiger partial charge is 0.422 e. The van der Waals surface area contributed by atoms with Gasteiger partial charge >= 0.3 is 12.4 Å². The summed E-state index contributed by atoms with van der Waals surface area (Å²) >= 11 is 0. The molecule has 0 heterocycles. The highest BCUT2D eigenvalue weighted by molar-refractivity contribution is 5.30. The molecule has 0 bridgehead atoms. The first-order valence-corrected chi connectivity index (χ1v) is 8.75. The Morgan fingerprint density at radius 2 is 1.41 bits per heavy atom. The first-order chi connectivity index (χ1) is 12.5. The normalized spacial score (nSPS) is 21.8. The second-order valence-electron chi connectivity index (χ2n) is 6.94. The van der Waals surface area contributed by atoms with Crippen LogP contribution in [0.4, 0.5) is 35.1 Å². The molecule has 0 radical (unpaired) electrons. The maximum atomic E-state index is 13.7. The average Bonchev–Trinajstić information content (AvgIpc) is 2.52. The summed E-state index contributed by atoms with van der Waals surface area (Å²) in [7, 11) is 0. The molecule has 0 spiro atoms. The first-order valence-electron chi connectivity index (χ1n) is 8.75. The van der Waals surface area contributed by atoms with E-state index in [0.717, 1.165) is 12.1 Å². The van der Waals surface area contributed by atoms with E-state index >= 15 is 0 Å². The predicted octanol–water partition coefficient (Wildman–Crippen LogP) is 7.55. The minimum Gasteiger partial charge on any atom is -0.206 e. The van der Waals surface area contributed by atoms with Gasteiger partial charge in [0.05, 0.1) is 0 Å². The Balaban J connectivity index is 1.88. The van der Waals surface area contributed by atoms with Gasteiger partial charge in [-0.05, 0) is 68.1 Å². The van der Waals surface area contributed by atoms with Gasteiger partial charge in [-0.1, -0.05) is 12.2 Å². The van der Waals surface area contributed by atoms with Crippen LogP contribution in [0.25, 0.3) is 0 Å². The van der Waals surface area contributed by atoms with E-state index in [1.165, 1.54) is 6.08 Å². The lowest BCUT2D eigenvalue weighted by atomic mass is 9.77. The third kappa shape index (κ3) is 6.50. The van der Waals surface area contributed by atoms with Gasteiger partial charge in [0.15, 0.2) is 0 Å². The minimum absolute atomic E-state index is 0.0665. The number of hydrogen-bond acceptors (Lipinski definition) is 0. The minimum atomic E-state index is -5.08. The van der Waals surface area contributed by atoms with Crippen LogP contribution in [0.3, 0.4) is 0 Å². The highest BCUT2D eigenvalue weighted by atomic mass is 19.4. The summed E-state index contributed by atoms with van der Waals surface area (Å²) in [6, 6.07) is 1.52. The number of benzene rings is 1. The van der Waals surface area contributed by atoms with Crippen LogP contribution in [0.5, 0.6) is 0 Å². The van der Waals surface area contributed by atoms with E-state index in [1.54, 1.807) is 6.08 Å². The van der Waals surface area contributed by atoms with Gasteiger partial charge in [-0.2, -0.15) is 26.3 Å². The number of allylic oxidation sites excluding steroid dienone is 2. The third-order valence-electron chi connectivity index (χ3n) is 4.90. The van der Waals surface area contributed by atoms with Crippen molar-refractivity contribution < 1.29 is 35.1 Å². The quantitative estimate of drug-likeness (QED) is 0.354. The van der Waals surface area contributed by atoms with Crippen molar-refractivity contribution in [3.05, 3.63) is 47.0 Å². The van der Waals surface area contributed by atoms with Gasteiger partial charge in [0.2, 0.25) is 0 Å². The standard InChI is InChI=1S/C19H20F8/c20-15-10-14(11-16(21)17(15)19(25,26)27)13-7-5-12(6-8-13)4-2-1-3-9-18(22,23)24/h1-2,10-13H,3-9H2/b2-1+. The van der Waals surface area contributed by atoms with Crippen molar-refractivity contribution in [3.63, 3.8) is 0 Å². The average molecular weight is 400 g/mol. The molecule has 0 amide bonds. The molecule has 1 aliphatic rings. The van der Waals surface area contributed by atoms with E-state index < -0.39 is 36.0 Å². The molecule has 0 saturated heterocycles. The molecule has 0 nitrogen and oxygen atoms in total. The molecular weight excluding hydrogens is 380 g/mol. The molecule has 0 unspecified atom stereocenters. The van der Waals surface area contributed by atoms with Crippen LogP contribution < -0.4 is 0 Å². The van der Waals surface area contributed by atoms with Crippen molar-refractivity contribution in [3.8, 4) is 0 Å². The summed E-state index contributed by atoms with van der Waals surface area (Å²) in [5.41, 5.74) is -1.65. The van der Waals surface area contributed by atoms with Crippen LogP contribution in [0.1, 0.15) is 62.0 Å². The van der Waals surface area contributed by atoms with Crippen molar-refractivity contribution in [2.45, 2.75) is 63.2 Å². The maximum Gasteiger partial charge on any atom is 0.422 e. The Morgan fingerprint density at radius 1 is 0.852 bits per heavy atom. The van der Waals surface area contributed by atoms with Gasteiger partial charge in [0.25, 0.3) is 0 Å². The third-order valence-corrected chi connectivity index (χ3v) is 4.90. The lowest BCUT2D eigenvalue weighted by Crippen LogP contribution is -2.16. The van der Waals surface area contributed by atoms with E-state index in [4.69, 9.17) is 0 Å². The number of hydrogen-bond donors (Lipinski definition) is 0. The summed E-state index contributed by atoms with van der Waals surface area (Å²) in [5.74, 6) is -3.17. The lowest BCUT2D eigenvalue weighted by molar-refractivity contribution is -0.142. The molecule has 1 aliphatic carbocycles. The number of rotatable bonds is 5. The smallest absolute Gasteiger partial charge is 0.206 e. The Bertz CT molecular complexity index is 626. The van der Waals surface area contributed by atoms with Crippen molar-refractivity contribution in [2.24, 2.45) is 5.92 Å². The molecular formula is C19H20F8. The van der Waals surface area contributed by atoms with Crippen LogP contribution in [0, 0.1) is 17.6 Å². The monoisotopic (exact) mass is 400 g/mol. The van der Waals surface area contributed by atoms with Crippen LogP contribution >= 0.6 is 0 Å². The predicted molar refractivity (Wildman–Crippen MR) is 85.1 cm³/mol. The topological polar surface area (TPSA) is 0 Å². The summed E-state index contributed by atoms with van der Waals surface area (Å²) in [4.78, 5) is 0. The molecule has 8 heteroatoms. The van der Waals surface area contributed by atoms with Crippen LogP contribution in [0.2, 0.25) is 0 Å². The van der Waals surface area contributed by atoms with Gasteiger partial charge < -0.3 is 0 Å². The second kappa shape index (κ2) is 8.61. The lowest BCUT2D eigenvalue weighted by Gasteiger charge is -2.28. The molecule has 2 rings (SSSR count). The van der Waals surface area contributed by atoms with Crippen LogP contribution in [-0.2, 0) is 6.18 Å². The van der Waals surface area contributed by atoms with Crippen LogP contribution in [0.15, 0.2) is 24.3 Å². The zero-order valence-electron chi connectivity index (χ0n) is 14.4. The zero-order chi connectivity index (χ0) is 20.2. The van der Waals surface area contributed by atoms with E-state index in [2.05, 4.69) is 0 Å². The molecule has 1 fully saturated rings. The summed E-state index contributed by atoms with van der Waals surface area (Å²) in [6.45, 7) is 0. The summed E-state index contributed by atoms with van der Waals surface area (Å²) < 4.78 is 101. The Kier molecular flexibility index (Phi) is 6.92. The van der Waals surface area contributed by atoms with Crippen molar-refractivity contribution in [1.82, 2.24) is 0 Å². The van der Waals surface area contributed by atoms with Gasteiger partial charge in [0, 0.05) is 6.42 Å². The van der Waals surface area contributed by atoms with E-state index in [1.807, 2.05) is 0 Å². The fourth-order valence-electron chi connectivity index (χ4n) is 3.48. The Morgan fingerprint density at radius 3 is 1.89 bits per heavy atom. The molecule has 27 heavy (non-hydrogen) atoms. The van der Waals surface area contributed by atoms with Crippen molar-refractivity contribution >= 4 is 0 Å². The molecule has 0 aromatic heterocycles.